The molecule has 5 nitrogen and oxygen atoms in total. The van der Waals surface area contributed by atoms with Crippen LogP contribution in [0.2, 0.25) is 0 Å². The van der Waals surface area contributed by atoms with Crippen molar-refractivity contribution in [2.45, 2.75) is 25.8 Å². The molecule has 1 heterocycles. The lowest BCUT2D eigenvalue weighted by molar-refractivity contribution is 0.0954. The SMILES string of the molecule is CC1Cc2cc(C(=O)NCCc3cccc(F)c3)ccc2N1S(C)(=O)=O. The number of fused-ring (bicyclic) bond motifs is 1. The summed E-state index contributed by atoms with van der Waals surface area (Å²) in [4.78, 5) is 12.3. The highest BCUT2D eigenvalue weighted by Crippen LogP contribution is 2.34. The molecule has 0 radical (unpaired) electrons. The second-order valence-corrected chi connectivity index (χ2v) is 8.45. The zero-order chi connectivity index (χ0) is 18.9. The lowest BCUT2D eigenvalue weighted by Crippen LogP contribution is -2.34. The number of amides is 1. The quantitative estimate of drug-likeness (QED) is 0.872. The topological polar surface area (TPSA) is 66.5 Å². The molecule has 0 saturated heterocycles. The van der Waals surface area contributed by atoms with Crippen LogP contribution in [-0.4, -0.2) is 33.2 Å². The van der Waals surface area contributed by atoms with Gasteiger partial charge < -0.3 is 5.32 Å². The van der Waals surface area contributed by atoms with Gasteiger partial charge in [0, 0.05) is 18.2 Å². The van der Waals surface area contributed by atoms with Crippen LogP contribution in [0.25, 0.3) is 0 Å². The first kappa shape index (κ1) is 18.4. The number of halogens is 1. The number of carbonyl (C=O) groups is 1. The van der Waals surface area contributed by atoms with E-state index in [1.807, 2.05) is 13.0 Å². The lowest BCUT2D eigenvalue weighted by atomic mass is 10.1. The molecule has 0 bridgehead atoms. The maximum absolute atomic E-state index is 13.2. The van der Waals surface area contributed by atoms with Gasteiger partial charge in [-0.2, -0.15) is 0 Å². The Labute approximate surface area is 152 Å². The second kappa shape index (κ2) is 7.07. The normalized spacial score (nSPS) is 16.4. The summed E-state index contributed by atoms with van der Waals surface area (Å²) >= 11 is 0. The fourth-order valence-electron chi connectivity index (χ4n) is 3.36. The first-order valence-electron chi connectivity index (χ1n) is 8.40. The van der Waals surface area contributed by atoms with Gasteiger partial charge in [-0.25, -0.2) is 12.8 Å². The van der Waals surface area contributed by atoms with Crippen molar-refractivity contribution in [2.75, 3.05) is 17.1 Å². The van der Waals surface area contributed by atoms with Crippen molar-refractivity contribution in [1.29, 1.82) is 0 Å². The van der Waals surface area contributed by atoms with Crippen molar-refractivity contribution < 1.29 is 17.6 Å². The van der Waals surface area contributed by atoms with E-state index in [0.717, 1.165) is 11.1 Å². The van der Waals surface area contributed by atoms with Crippen LogP contribution in [0.5, 0.6) is 0 Å². The van der Waals surface area contributed by atoms with E-state index in [4.69, 9.17) is 0 Å². The summed E-state index contributed by atoms with van der Waals surface area (Å²) < 4.78 is 38.4. The number of nitrogens with one attached hydrogen (secondary N) is 1. The van der Waals surface area contributed by atoms with Gasteiger partial charge in [0.1, 0.15) is 5.82 Å². The van der Waals surface area contributed by atoms with Crippen LogP contribution >= 0.6 is 0 Å². The number of hydrogen-bond acceptors (Lipinski definition) is 3. The number of nitrogens with zero attached hydrogens (tertiary/aromatic N) is 1. The van der Waals surface area contributed by atoms with Crippen molar-refractivity contribution in [2.24, 2.45) is 0 Å². The summed E-state index contributed by atoms with van der Waals surface area (Å²) in [5, 5.41) is 2.82. The second-order valence-electron chi connectivity index (χ2n) is 6.59. The molecule has 0 aliphatic carbocycles. The standard InChI is InChI=1S/C19H21FN2O3S/c1-13-10-16-12-15(6-7-18(16)22(13)26(2,24)25)19(23)21-9-8-14-4-3-5-17(20)11-14/h3-7,11-13H,8-10H2,1-2H3,(H,21,23). The number of rotatable bonds is 5. The van der Waals surface area contributed by atoms with E-state index in [0.29, 0.717) is 30.6 Å². The molecule has 1 atom stereocenters. The van der Waals surface area contributed by atoms with E-state index >= 15 is 0 Å². The minimum Gasteiger partial charge on any atom is -0.352 e. The molecule has 0 fully saturated rings. The molecule has 2 aromatic carbocycles. The van der Waals surface area contributed by atoms with Crippen LogP contribution in [0.1, 0.15) is 28.4 Å². The third-order valence-electron chi connectivity index (χ3n) is 4.44. The summed E-state index contributed by atoms with van der Waals surface area (Å²) in [6.07, 6.45) is 2.30. The molecule has 1 unspecified atom stereocenters. The first-order valence-corrected chi connectivity index (χ1v) is 10.3. The van der Waals surface area contributed by atoms with Crippen LogP contribution in [0.15, 0.2) is 42.5 Å². The molecule has 1 N–H and O–H groups in total. The molecule has 0 aromatic heterocycles. The molecular formula is C19H21FN2O3S. The summed E-state index contributed by atoms with van der Waals surface area (Å²) in [6, 6.07) is 11.2. The molecule has 3 rings (SSSR count). The van der Waals surface area contributed by atoms with Crippen LogP contribution in [0.4, 0.5) is 10.1 Å². The molecule has 138 valence electrons. The molecule has 1 aliphatic heterocycles. The number of benzene rings is 2. The maximum atomic E-state index is 13.2. The van der Waals surface area contributed by atoms with E-state index in [2.05, 4.69) is 5.32 Å². The van der Waals surface area contributed by atoms with Gasteiger partial charge in [0.2, 0.25) is 10.0 Å². The fraction of sp³-hybridized carbons (Fsp3) is 0.316. The Morgan fingerprint density at radius 3 is 2.73 bits per heavy atom. The van der Waals surface area contributed by atoms with Crippen LogP contribution in [0.3, 0.4) is 0 Å². The number of anilines is 1. The zero-order valence-corrected chi connectivity index (χ0v) is 15.5. The van der Waals surface area contributed by atoms with Gasteiger partial charge in [0.25, 0.3) is 5.91 Å². The minimum absolute atomic E-state index is 0.161. The summed E-state index contributed by atoms with van der Waals surface area (Å²) in [6.45, 7) is 2.24. The Hall–Kier alpha value is -2.41. The van der Waals surface area contributed by atoms with Gasteiger partial charge in [-0.1, -0.05) is 12.1 Å². The monoisotopic (exact) mass is 376 g/mol. The van der Waals surface area contributed by atoms with Crippen molar-refractivity contribution in [3.63, 3.8) is 0 Å². The van der Waals surface area contributed by atoms with E-state index in [1.54, 1.807) is 24.3 Å². The molecule has 7 heteroatoms. The highest BCUT2D eigenvalue weighted by Gasteiger charge is 2.32. The molecule has 26 heavy (non-hydrogen) atoms. The number of carbonyl (C=O) groups excluding carboxylic acids is 1. The number of hydrogen-bond donors (Lipinski definition) is 1. The minimum atomic E-state index is -3.34. The Balaban J connectivity index is 1.67. The van der Waals surface area contributed by atoms with E-state index < -0.39 is 10.0 Å². The highest BCUT2D eigenvalue weighted by molar-refractivity contribution is 7.92. The predicted octanol–water partition coefficient (Wildman–Crippen LogP) is 2.51. The van der Waals surface area contributed by atoms with Gasteiger partial charge >= 0.3 is 0 Å². The summed E-state index contributed by atoms with van der Waals surface area (Å²) in [7, 11) is -3.34. The van der Waals surface area contributed by atoms with Crippen LogP contribution < -0.4 is 9.62 Å². The zero-order valence-electron chi connectivity index (χ0n) is 14.7. The molecule has 0 spiro atoms. The van der Waals surface area contributed by atoms with Crippen molar-refractivity contribution in [3.8, 4) is 0 Å². The Morgan fingerprint density at radius 1 is 1.27 bits per heavy atom. The third kappa shape index (κ3) is 3.88. The maximum Gasteiger partial charge on any atom is 0.251 e. The molecule has 1 aliphatic rings. The summed E-state index contributed by atoms with van der Waals surface area (Å²) in [5.41, 5.74) is 2.79. The van der Waals surface area contributed by atoms with Gasteiger partial charge in [-0.3, -0.25) is 9.10 Å². The Bertz CT molecular complexity index is 944. The fourth-order valence-corrected chi connectivity index (χ4v) is 4.63. The van der Waals surface area contributed by atoms with Crippen LogP contribution in [0, 0.1) is 5.82 Å². The van der Waals surface area contributed by atoms with E-state index in [1.165, 1.54) is 22.7 Å². The highest BCUT2D eigenvalue weighted by atomic mass is 32.2. The average Bonchev–Trinajstić information content (AvgIpc) is 2.89. The predicted molar refractivity (Wildman–Crippen MR) is 99.4 cm³/mol. The number of sulfonamides is 1. The van der Waals surface area contributed by atoms with Gasteiger partial charge in [-0.15, -0.1) is 0 Å². The summed E-state index contributed by atoms with van der Waals surface area (Å²) in [5.74, 6) is -0.522. The average molecular weight is 376 g/mol. The first-order chi connectivity index (χ1) is 12.3. The third-order valence-corrected chi connectivity index (χ3v) is 5.71. The van der Waals surface area contributed by atoms with Crippen LogP contribution in [-0.2, 0) is 22.9 Å². The molecule has 2 aromatic rings. The Kier molecular flexibility index (Phi) is 5.00. The smallest absolute Gasteiger partial charge is 0.251 e. The molecule has 0 saturated carbocycles. The van der Waals surface area contributed by atoms with E-state index in [9.17, 15) is 17.6 Å². The molecular weight excluding hydrogens is 355 g/mol. The van der Waals surface area contributed by atoms with Crippen molar-refractivity contribution in [1.82, 2.24) is 5.32 Å². The molecule has 1 amide bonds. The largest absolute Gasteiger partial charge is 0.352 e. The lowest BCUT2D eigenvalue weighted by Gasteiger charge is -2.21. The van der Waals surface area contributed by atoms with Gasteiger partial charge in [-0.05, 0) is 61.2 Å². The van der Waals surface area contributed by atoms with Gasteiger partial charge in [0.05, 0.1) is 11.9 Å². The van der Waals surface area contributed by atoms with Crippen molar-refractivity contribution in [3.05, 3.63) is 65.0 Å². The van der Waals surface area contributed by atoms with Crippen molar-refractivity contribution >= 4 is 21.6 Å². The van der Waals surface area contributed by atoms with Gasteiger partial charge in [0.15, 0.2) is 0 Å². The van der Waals surface area contributed by atoms with E-state index in [-0.39, 0.29) is 17.8 Å². The Morgan fingerprint density at radius 2 is 2.04 bits per heavy atom.